The molecule has 1 aromatic carbocycles. The van der Waals surface area contributed by atoms with E-state index in [0.717, 1.165) is 44.8 Å². The average molecular weight is 249 g/mol. The van der Waals surface area contributed by atoms with Gasteiger partial charge in [-0.1, -0.05) is 17.7 Å². The van der Waals surface area contributed by atoms with Crippen LogP contribution in [0.3, 0.4) is 0 Å². The van der Waals surface area contributed by atoms with Crippen LogP contribution < -0.4 is 10.5 Å². The second-order valence-electron chi connectivity index (χ2n) is 5.02. The second-order valence-corrected chi connectivity index (χ2v) is 5.02. The van der Waals surface area contributed by atoms with Crippen molar-refractivity contribution in [2.45, 2.75) is 26.2 Å². The molecule has 0 unspecified atom stereocenters. The normalized spacial score (nSPS) is 16.8. The second kappa shape index (κ2) is 6.76. The standard InChI is InChI=1S/C15H23NO2/c1-12-2-3-15(14(10-12)4-7-16)18-11-13-5-8-17-9-6-13/h2-3,10,13H,4-9,11,16H2,1H3. The van der Waals surface area contributed by atoms with Crippen LogP contribution in [0.25, 0.3) is 0 Å². The van der Waals surface area contributed by atoms with E-state index in [-0.39, 0.29) is 0 Å². The fourth-order valence-electron chi connectivity index (χ4n) is 2.32. The van der Waals surface area contributed by atoms with Crippen molar-refractivity contribution in [2.24, 2.45) is 11.7 Å². The lowest BCUT2D eigenvalue weighted by molar-refractivity contribution is 0.0496. The van der Waals surface area contributed by atoms with Crippen molar-refractivity contribution in [3.63, 3.8) is 0 Å². The zero-order valence-corrected chi connectivity index (χ0v) is 11.2. The lowest BCUT2D eigenvalue weighted by Crippen LogP contribution is -2.21. The topological polar surface area (TPSA) is 44.5 Å². The quantitative estimate of drug-likeness (QED) is 0.871. The summed E-state index contributed by atoms with van der Waals surface area (Å²) in [5, 5.41) is 0. The van der Waals surface area contributed by atoms with Gasteiger partial charge in [0.15, 0.2) is 0 Å². The number of aryl methyl sites for hydroxylation is 1. The first-order chi connectivity index (χ1) is 8.79. The molecule has 2 N–H and O–H groups in total. The zero-order valence-electron chi connectivity index (χ0n) is 11.2. The maximum absolute atomic E-state index is 5.97. The van der Waals surface area contributed by atoms with Gasteiger partial charge in [-0.3, -0.25) is 0 Å². The molecule has 0 spiro atoms. The summed E-state index contributed by atoms with van der Waals surface area (Å²) in [6.45, 7) is 5.30. The molecule has 0 aliphatic carbocycles. The molecule has 0 saturated carbocycles. The Morgan fingerprint density at radius 3 is 2.83 bits per heavy atom. The minimum absolute atomic E-state index is 0.630. The van der Waals surface area contributed by atoms with Crippen molar-refractivity contribution < 1.29 is 9.47 Å². The third-order valence-corrected chi connectivity index (χ3v) is 3.45. The molecule has 1 saturated heterocycles. The third-order valence-electron chi connectivity index (χ3n) is 3.45. The molecule has 0 amide bonds. The van der Waals surface area contributed by atoms with Gasteiger partial charge >= 0.3 is 0 Å². The summed E-state index contributed by atoms with van der Waals surface area (Å²) in [7, 11) is 0. The number of hydrogen-bond acceptors (Lipinski definition) is 3. The molecule has 1 aromatic rings. The number of ether oxygens (including phenoxy) is 2. The predicted octanol–water partition coefficient (Wildman–Crippen LogP) is 2.30. The fourth-order valence-corrected chi connectivity index (χ4v) is 2.32. The third kappa shape index (κ3) is 3.72. The van der Waals surface area contributed by atoms with Crippen LogP contribution in [0.1, 0.15) is 24.0 Å². The van der Waals surface area contributed by atoms with Crippen LogP contribution in [0.4, 0.5) is 0 Å². The van der Waals surface area contributed by atoms with Gasteiger partial charge in [-0.15, -0.1) is 0 Å². The highest BCUT2D eigenvalue weighted by atomic mass is 16.5. The predicted molar refractivity (Wildman–Crippen MR) is 73.0 cm³/mol. The van der Waals surface area contributed by atoms with Crippen LogP contribution in [0.15, 0.2) is 18.2 Å². The van der Waals surface area contributed by atoms with E-state index < -0.39 is 0 Å². The van der Waals surface area contributed by atoms with E-state index in [9.17, 15) is 0 Å². The van der Waals surface area contributed by atoms with Crippen molar-refractivity contribution >= 4 is 0 Å². The summed E-state index contributed by atoms with van der Waals surface area (Å²) in [5.41, 5.74) is 8.13. The van der Waals surface area contributed by atoms with Gasteiger partial charge in [-0.25, -0.2) is 0 Å². The summed E-state index contributed by atoms with van der Waals surface area (Å²) >= 11 is 0. The van der Waals surface area contributed by atoms with Crippen molar-refractivity contribution in [3.8, 4) is 5.75 Å². The van der Waals surface area contributed by atoms with Gasteiger partial charge in [0.25, 0.3) is 0 Å². The van der Waals surface area contributed by atoms with E-state index in [1.165, 1.54) is 11.1 Å². The van der Waals surface area contributed by atoms with Crippen molar-refractivity contribution in [3.05, 3.63) is 29.3 Å². The summed E-state index contributed by atoms with van der Waals surface area (Å²) in [4.78, 5) is 0. The summed E-state index contributed by atoms with van der Waals surface area (Å²) in [6, 6.07) is 6.34. The average Bonchev–Trinajstić information content (AvgIpc) is 2.39. The summed E-state index contributed by atoms with van der Waals surface area (Å²) < 4.78 is 11.3. The lowest BCUT2D eigenvalue weighted by atomic mass is 10.0. The molecule has 0 aromatic heterocycles. The van der Waals surface area contributed by atoms with E-state index in [1.807, 2.05) is 0 Å². The molecule has 3 heteroatoms. The van der Waals surface area contributed by atoms with Gasteiger partial charge in [0, 0.05) is 13.2 Å². The van der Waals surface area contributed by atoms with Gasteiger partial charge in [-0.05, 0) is 50.3 Å². The van der Waals surface area contributed by atoms with E-state index in [2.05, 4.69) is 25.1 Å². The molecule has 1 fully saturated rings. The Morgan fingerprint density at radius 2 is 2.11 bits per heavy atom. The van der Waals surface area contributed by atoms with Crippen molar-refractivity contribution in [2.75, 3.05) is 26.4 Å². The maximum atomic E-state index is 5.97. The zero-order chi connectivity index (χ0) is 12.8. The highest BCUT2D eigenvalue weighted by molar-refractivity contribution is 5.37. The highest BCUT2D eigenvalue weighted by Gasteiger charge is 2.15. The minimum atomic E-state index is 0.630. The van der Waals surface area contributed by atoms with Gasteiger partial charge < -0.3 is 15.2 Å². The fraction of sp³-hybridized carbons (Fsp3) is 0.600. The number of nitrogens with two attached hydrogens (primary N) is 1. The smallest absolute Gasteiger partial charge is 0.122 e. The molecule has 0 radical (unpaired) electrons. The van der Waals surface area contributed by atoms with Crippen LogP contribution in [-0.4, -0.2) is 26.4 Å². The van der Waals surface area contributed by atoms with Crippen LogP contribution >= 0.6 is 0 Å². The SMILES string of the molecule is Cc1ccc(OCC2CCOCC2)c(CCN)c1. The van der Waals surface area contributed by atoms with E-state index >= 15 is 0 Å². The Kier molecular flexibility index (Phi) is 5.02. The molecular formula is C15H23NO2. The monoisotopic (exact) mass is 249 g/mol. The molecule has 2 rings (SSSR count). The Morgan fingerprint density at radius 1 is 1.33 bits per heavy atom. The van der Waals surface area contributed by atoms with Gasteiger partial charge in [0.1, 0.15) is 5.75 Å². The molecule has 0 bridgehead atoms. The Balaban J connectivity index is 1.94. The molecule has 1 aliphatic rings. The van der Waals surface area contributed by atoms with E-state index in [1.54, 1.807) is 0 Å². The first-order valence-electron chi connectivity index (χ1n) is 6.79. The molecule has 18 heavy (non-hydrogen) atoms. The summed E-state index contributed by atoms with van der Waals surface area (Å²) in [5.74, 6) is 1.63. The van der Waals surface area contributed by atoms with Crippen molar-refractivity contribution in [1.82, 2.24) is 0 Å². The Hall–Kier alpha value is -1.06. The molecule has 3 nitrogen and oxygen atoms in total. The number of benzene rings is 1. The molecule has 0 atom stereocenters. The van der Waals surface area contributed by atoms with E-state index in [0.29, 0.717) is 12.5 Å². The molecule has 1 heterocycles. The van der Waals surface area contributed by atoms with Crippen LogP contribution in [-0.2, 0) is 11.2 Å². The number of hydrogen-bond donors (Lipinski definition) is 1. The lowest BCUT2D eigenvalue weighted by Gasteiger charge is -2.23. The van der Waals surface area contributed by atoms with Crippen LogP contribution in [0, 0.1) is 12.8 Å². The minimum Gasteiger partial charge on any atom is -0.493 e. The summed E-state index contributed by atoms with van der Waals surface area (Å²) in [6.07, 6.45) is 3.10. The van der Waals surface area contributed by atoms with Crippen molar-refractivity contribution in [1.29, 1.82) is 0 Å². The highest BCUT2D eigenvalue weighted by Crippen LogP contribution is 2.23. The van der Waals surface area contributed by atoms with Crippen LogP contribution in [0.5, 0.6) is 5.75 Å². The van der Waals surface area contributed by atoms with Crippen LogP contribution in [0.2, 0.25) is 0 Å². The molecule has 1 aliphatic heterocycles. The largest absolute Gasteiger partial charge is 0.493 e. The van der Waals surface area contributed by atoms with Gasteiger partial charge in [0.05, 0.1) is 6.61 Å². The molecular weight excluding hydrogens is 226 g/mol. The Bertz CT molecular complexity index is 373. The van der Waals surface area contributed by atoms with E-state index in [4.69, 9.17) is 15.2 Å². The van der Waals surface area contributed by atoms with Gasteiger partial charge in [0.2, 0.25) is 0 Å². The maximum Gasteiger partial charge on any atom is 0.122 e. The first kappa shape index (κ1) is 13.4. The van der Waals surface area contributed by atoms with Gasteiger partial charge in [-0.2, -0.15) is 0 Å². The molecule has 100 valence electrons. The first-order valence-corrected chi connectivity index (χ1v) is 6.79. The number of rotatable bonds is 5. The Labute approximate surface area is 109 Å².